The van der Waals surface area contributed by atoms with Gasteiger partial charge in [0.2, 0.25) is 0 Å². The van der Waals surface area contributed by atoms with E-state index in [1.165, 1.54) is 21.7 Å². The molecule has 0 radical (unpaired) electrons. The van der Waals surface area contributed by atoms with E-state index < -0.39 is 23.4 Å². The summed E-state index contributed by atoms with van der Waals surface area (Å²) < 4.78 is 40.6. The number of carbonyl (C=O) groups is 2. The summed E-state index contributed by atoms with van der Waals surface area (Å²) in [5, 5.41) is 4.26. The minimum Gasteiger partial charge on any atom is -0.332 e. The van der Waals surface area contributed by atoms with Crippen LogP contribution < -0.4 is 0 Å². The summed E-state index contributed by atoms with van der Waals surface area (Å²) in [6.45, 7) is 3.15. The van der Waals surface area contributed by atoms with E-state index in [1.807, 2.05) is 24.3 Å². The largest absolute Gasteiger partial charge is 0.416 e. The highest BCUT2D eigenvalue weighted by atomic mass is 19.4. The van der Waals surface area contributed by atoms with E-state index in [4.69, 9.17) is 0 Å². The van der Waals surface area contributed by atoms with Crippen molar-refractivity contribution in [1.29, 1.82) is 0 Å². The average Bonchev–Trinajstić information content (AvgIpc) is 3.32. The fraction of sp³-hybridized carbons (Fsp3) is 0.292. The number of ketones is 1. The van der Waals surface area contributed by atoms with Crippen LogP contribution in [0.2, 0.25) is 0 Å². The first-order valence-electron chi connectivity index (χ1n) is 10.2. The van der Waals surface area contributed by atoms with E-state index in [0.29, 0.717) is 11.4 Å². The van der Waals surface area contributed by atoms with Gasteiger partial charge in [-0.25, -0.2) is 4.68 Å². The van der Waals surface area contributed by atoms with Gasteiger partial charge in [0.1, 0.15) is 0 Å². The summed E-state index contributed by atoms with van der Waals surface area (Å²) in [7, 11) is 1.61. The maximum atomic E-state index is 13.1. The van der Waals surface area contributed by atoms with Gasteiger partial charge in [-0.1, -0.05) is 30.3 Å². The molecular formula is C24H22F3N3O2. The lowest BCUT2D eigenvalue weighted by molar-refractivity contribution is -0.137. The molecule has 4 rings (SSSR count). The first-order chi connectivity index (χ1) is 15.1. The van der Waals surface area contributed by atoms with Crippen molar-refractivity contribution in [2.24, 2.45) is 0 Å². The monoisotopic (exact) mass is 441 g/mol. The van der Waals surface area contributed by atoms with Crippen LogP contribution in [0.4, 0.5) is 13.2 Å². The zero-order chi connectivity index (χ0) is 23.2. The molecule has 0 saturated carbocycles. The third-order valence-electron chi connectivity index (χ3n) is 6.02. The van der Waals surface area contributed by atoms with Crippen molar-refractivity contribution in [1.82, 2.24) is 14.7 Å². The Morgan fingerprint density at radius 2 is 1.81 bits per heavy atom. The molecule has 1 atom stereocenters. The summed E-state index contributed by atoms with van der Waals surface area (Å²) in [5.41, 5.74) is 2.28. The number of fused-ring (bicyclic) bond motifs is 1. The van der Waals surface area contributed by atoms with Gasteiger partial charge < -0.3 is 4.90 Å². The van der Waals surface area contributed by atoms with Crippen LogP contribution in [0.15, 0.2) is 48.5 Å². The Bertz CT molecular complexity index is 1210. The number of hydrogen-bond donors (Lipinski definition) is 0. The smallest absolute Gasteiger partial charge is 0.332 e. The van der Waals surface area contributed by atoms with Crippen molar-refractivity contribution in [2.45, 2.75) is 38.9 Å². The first-order valence-corrected chi connectivity index (χ1v) is 10.2. The van der Waals surface area contributed by atoms with Crippen LogP contribution in [0.3, 0.4) is 0 Å². The number of carbonyl (C=O) groups excluding carboxylic acids is 2. The molecule has 0 bridgehead atoms. The van der Waals surface area contributed by atoms with E-state index in [9.17, 15) is 22.8 Å². The predicted molar refractivity (Wildman–Crippen MR) is 113 cm³/mol. The molecule has 5 nitrogen and oxygen atoms in total. The summed E-state index contributed by atoms with van der Waals surface area (Å²) >= 11 is 0. The van der Waals surface area contributed by atoms with Gasteiger partial charge in [-0.2, -0.15) is 18.3 Å². The molecule has 0 saturated heterocycles. The Kier molecular flexibility index (Phi) is 5.40. The van der Waals surface area contributed by atoms with Crippen molar-refractivity contribution < 1.29 is 22.8 Å². The number of Topliss-reactive ketones (excluding diaryl/α,β-unsaturated/α-hetero) is 1. The van der Waals surface area contributed by atoms with Gasteiger partial charge in [0.05, 0.1) is 34.2 Å². The van der Waals surface area contributed by atoms with E-state index >= 15 is 0 Å². The first kappa shape index (κ1) is 21.8. The van der Waals surface area contributed by atoms with Crippen LogP contribution in [0.5, 0.6) is 0 Å². The summed E-state index contributed by atoms with van der Waals surface area (Å²) in [6, 6.07) is 12.3. The van der Waals surface area contributed by atoms with Crippen molar-refractivity contribution in [3.05, 3.63) is 82.2 Å². The van der Waals surface area contributed by atoms with Gasteiger partial charge in [-0.3, -0.25) is 9.59 Å². The number of hydrogen-bond acceptors (Lipinski definition) is 3. The molecule has 1 amide bonds. The summed E-state index contributed by atoms with van der Waals surface area (Å²) in [5.74, 6) is -1.38. The van der Waals surface area contributed by atoms with Crippen molar-refractivity contribution in [3.8, 4) is 5.69 Å². The Labute approximate surface area is 183 Å². The molecule has 1 aliphatic carbocycles. The second kappa shape index (κ2) is 7.93. The lowest BCUT2D eigenvalue weighted by Gasteiger charge is -2.24. The SMILES string of the molecule is Cc1nn(-c2cccc(C(F)(F)F)c2)c(C)c1C(=O)C(=O)N(C)C1CCc2ccccc21. The molecule has 0 fully saturated rings. The molecule has 1 heterocycles. The van der Waals surface area contributed by atoms with Gasteiger partial charge in [-0.15, -0.1) is 0 Å². The lowest BCUT2D eigenvalue weighted by Crippen LogP contribution is -2.36. The number of amides is 1. The minimum absolute atomic E-state index is 0.116. The zero-order valence-corrected chi connectivity index (χ0v) is 17.9. The molecular weight excluding hydrogens is 419 g/mol. The summed E-state index contributed by atoms with van der Waals surface area (Å²) in [4.78, 5) is 27.7. The predicted octanol–water partition coefficient (Wildman–Crippen LogP) is 4.84. The van der Waals surface area contributed by atoms with Crippen LogP contribution in [0.1, 0.15) is 50.9 Å². The molecule has 166 valence electrons. The maximum absolute atomic E-state index is 13.1. The Hall–Kier alpha value is -3.42. The molecule has 3 aromatic rings. The fourth-order valence-electron chi connectivity index (χ4n) is 4.38. The highest BCUT2D eigenvalue weighted by molar-refractivity contribution is 6.43. The molecule has 2 aromatic carbocycles. The second-order valence-electron chi connectivity index (χ2n) is 8.00. The molecule has 1 aromatic heterocycles. The Morgan fingerprint density at radius 1 is 1.09 bits per heavy atom. The van der Waals surface area contributed by atoms with Crippen LogP contribution in [0, 0.1) is 13.8 Å². The molecule has 0 N–H and O–H groups in total. The van der Waals surface area contributed by atoms with E-state index in [-0.39, 0.29) is 17.3 Å². The van der Waals surface area contributed by atoms with Gasteiger partial charge in [0.15, 0.2) is 0 Å². The Balaban J connectivity index is 1.64. The molecule has 8 heteroatoms. The molecule has 0 aliphatic heterocycles. The third kappa shape index (κ3) is 3.70. The molecule has 1 unspecified atom stereocenters. The quantitative estimate of drug-likeness (QED) is 0.430. The van der Waals surface area contributed by atoms with Crippen LogP contribution >= 0.6 is 0 Å². The van der Waals surface area contributed by atoms with Gasteiger partial charge in [0, 0.05) is 7.05 Å². The van der Waals surface area contributed by atoms with Gasteiger partial charge >= 0.3 is 6.18 Å². The van der Waals surface area contributed by atoms with Crippen LogP contribution in [-0.2, 0) is 17.4 Å². The third-order valence-corrected chi connectivity index (χ3v) is 6.02. The number of benzene rings is 2. The normalized spacial score (nSPS) is 15.5. The molecule has 1 aliphatic rings. The summed E-state index contributed by atoms with van der Waals surface area (Å²) in [6.07, 6.45) is -2.93. The average molecular weight is 441 g/mol. The Morgan fingerprint density at radius 3 is 2.53 bits per heavy atom. The zero-order valence-electron chi connectivity index (χ0n) is 17.9. The topological polar surface area (TPSA) is 55.2 Å². The van der Waals surface area contributed by atoms with E-state index in [0.717, 1.165) is 36.1 Å². The number of alkyl halides is 3. The lowest BCUT2D eigenvalue weighted by atomic mass is 10.0. The molecule has 32 heavy (non-hydrogen) atoms. The van der Waals surface area contributed by atoms with Crippen LogP contribution in [0.25, 0.3) is 5.69 Å². The van der Waals surface area contributed by atoms with Crippen molar-refractivity contribution in [2.75, 3.05) is 7.05 Å². The fourth-order valence-corrected chi connectivity index (χ4v) is 4.38. The number of aryl methyl sites for hydroxylation is 2. The number of halogens is 3. The number of aromatic nitrogens is 2. The minimum atomic E-state index is -4.50. The van der Waals surface area contributed by atoms with Crippen LogP contribution in [-0.4, -0.2) is 33.4 Å². The van der Waals surface area contributed by atoms with Crippen molar-refractivity contribution in [3.63, 3.8) is 0 Å². The highest BCUT2D eigenvalue weighted by Crippen LogP contribution is 2.35. The highest BCUT2D eigenvalue weighted by Gasteiger charge is 2.34. The maximum Gasteiger partial charge on any atom is 0.416 e. The standard InChI is InChI=1S/C24H22F3N3O2/c1-14-21(15(2)30(28-14)18-9-6-8-17(13-18)24(25,26)27)22(31)23(32)29(3)20-12-11-16-7-4-5-10-19(16)20/h4-10,13,20H,11-12H2,1-3H3. The van der Waals surface area contributed by atoms with Gasteiger partial charge in [0.25, 0.3) is 11.7 Å². The van der Waals surface area contributed by atoms with Gasteiger partial charge in [-0.05, 0) is 56.0 Å². The number of nitrogens with zero attached hydrogens (tertiary/aromatic N) is 3. The molecule has 0 spiro atoms. The van der Waals surface area contributed by atoms with E-state index in [2.05, 4.69) is 5.10 Å². The number of rotatable bonds is 4. The second-order valence-corrected chi connectivity index (χ2v) is 8.00. The number of likely N-dealkylation sites (N-methyl/N-ethyl adjacent to an activating group) is 1. The van der Waals surface area contributed by atoms with E-state index in [1.54, 1.807) is 20.9 Å². The van der Waals surface area contributed by atoms with Crippen molar-refractivity contribution >= 4 is 11.7 Å².